The Labute approximate surface area is 244 Å². The summed E-state index contributed by atoms with van der Waals surface area (Å²) in [5.74, 6) is -0.825. The van der Waals surface area contributed by atoms with Gasteiger partial charge in [-0.3, -0.25) is 25.1 Å². The minimum absolute atomic E-state index is 0.149. The molecule has 0 atom stereocenters. The van der Waals surface area contributed by atoms with Crippen LogP contribution in [-0.4, -0.2) is 42.5 Å². The molecular weight excluding hydrogens is 562 g/mol. The number of hydrogen-bond donors (Lipinski definition) is 1. The zero-order valence-corrected chi connectivity index (χ0v) is 23.6. The van der Waals surface area contributed by atoms with E-state index in [0.717, 1.165) is 28.0 Å². The summed E-state index contributed by atoms with van der Waals surface area (Å²) in [6, 6.07) is 20.9. The molecule has 0 radical (unpaired) electrons. The summed E-state index contributed by atoms with van der Waals surface area (Å²) in [6.07, 6.45) is 3.34. The molecule has 10 nitrogen and oxygen atoms in total. The lowest BCUT2D eigenvalue weighted by molar-refractivity contribution is -0.385. The molecule has 2 amide bonds. The number of nitrogens with zero attached hydrogens (tertiary/aromatic N) is 4. The lowest BCUT2D eigenvalue weighted by atomic mass is 10.1. The fourth-order valence-electron chi connectivity index (χ4n) is 4.09. The van der Waals surface area contributed by atoms with E-state index < -0.39 is 16.7 Å². The van der Waals surface area contributed by atoms with Gasteiger partial charge in [-0.15, -0.1) is 0 Å². The number of nitro benzene ring substituents is 1. The molecule has 4 aromatic rings. The number of thiocarbonyl (C=S) groups is 1. The Balaban J connectivity index is 1.52. The first-order valence-electron chi connectivity index (χ1n) is 12.5. The summed E-state index contributed by atoms with van der Waals surface area (Å²) in [4.78, 5) is 37.6. The standard InChI is InChI=1S/C29H23N5O5S2/c1-3-39-24-14-13-20(15-23(24)34(37)38)26-21(17-32(30-26)22-7-5-4-6-8-22)16-25-28(36)33(29(40)41-25)31-27(35)19-11-9-18(2)10-12-19/h4-17H,3H2,1-2H3,(H,31,35). The predicted octanol–water partition coefficient (Wildman–Crippen LogP) is 5.70. The van der Waals surface area contributed by atoms with Crippen LogP contribution in [0, 0.1) is 17.0 Å². The van der Waals surface area contributed by atoms with Crippen LogP contribution >= 0.6 is 24.0 Å². The van der Waals surface area contributed by atoms with E-state index in [9.17, 15) is 19.7 Å². The SMILES string of the molecule is CCOc1ccc(-c2nn(-c3ccccc3)cc2C=C2SC(=S)N(NC(=O)c3ccc(C)cc3)C2=O)cc1[N+](=O)[O-]. The van der Waals surface area contributed by atoms with Gasteiger partial charge in [-0.25, -0.2) is 4.68 Å². The number of rotatable bonds is 8. The maximum atomic E-state index is 13.3. The number of para-hydroxylation sites is 1. The highest BCUT2D eigenvalue weighted by molar-refractivity contribution is 8.26. The van der Waals surface area contributed by atoms with E-state index in [2.05, 4.69) is 5.43 Å². The van der Waals surface area contributed by atoms with E-state index in [0.29, 0.717) is 22.4 Å². The fourth-order valence-corrected chi connectivity index (χ4v) is 5.26. The molecule has 0 saturated carbocycles. The molecule has 41 heavy (non-hydrogen) atoms. The lowest BCUT2D eigenvalue weighted by Crippen LogP contribution is -2.44. The van der Waals surface area contributed by atoms with Crippen LogP contribution in [0.1, 0.15) is 28.4 Å². The molecule has 206 valence electrons. The van der Waals surface area contributed by atoms with Gasteiger partial charge in [-0.1, -0.05) is 47.7 Å². The Morgan fingerprint density at radius 2 is 1.88 bits per heavy atom. The molecule has 0 bridgehead atoms. The molecule has 1 N–H and O–H groups in total. The maximum Gasteiger partial charge on any atom is 0.311 e. The van der Waals surface area contributed by atoms with E-state index in [1.165, 1.54) is 12.1 Å². The molecular formula is C29H23N5O5S2. The van der Waals surface area contributed by atoms with Crippen molar-refractivity contribution >= 4 is 51.9 Å². The Hall–Kier alpha value is -4.81. The number of amides is 2. The Morgan fingerprint density at radius 1 is 1.15 bits per heavy atom. The van der Waals surface area contributed by atoms with Crippen LogP contribution in [0.15, 0.2) is 83.9 Å². The third-order valence-electron chi connectivity index (χ3n) is 6.10. The highest BCUT2D eigenvalue weighted by Gasteiger charge is 2.34. The Bertz CT molecular complexity index is 1700. The second-order valence-corrected chi connectivity index (χ2v) is 10.6. The van der Waals surface area contributed by atoms with Crippen LogP contribution in [-0.2, 0) is 4.79 Å². The zero-order valence-electron chi connectivity index (χ0n) is 21.9. The molecule has 0 unspecified atom stereocenters. The number of carbonyl (C=O) groups is 2. The molecule has 2 heterocycles. The molecule has 1 aliphatic heterocycles. The van der Waals surface area contributed by atoms with Gasteiger partial charge >= 0.3 is 5.69 Å². The van der Waals surface area contributed by atoms with E-state index >= 15 is 0 Å². The van der Waals surface area contributed by atoms with Crippen molar-refractivity contribution in [2.24, 2.45) is 0 Å². The first-order chi connectivity index (χ1) is 19.7. The highest BCUT2D eigenvalue weighted by atomic mass is 32.2. The van der Waals surface area contributed by atoms with Crippen molar-refractivity contribution in [2.45, 2.75) is 13.8 Å². The molecule has 1 fully saturated rings. The third kappa shape index (κ3) is 5.88. The Kier molecular flexibility index (Phi) is 7.95. The average Bonchev–Trinajstić information content (AvgIpc) is 3.50. The topological polar surface area (TPSA) is 120 Å². The number of hydrogen-bond acceptors (Lipinski definition) is 8. The first-order valence-corrected chi connectivity index (χ1v) is 13.7. The minimum Gasteiger partial charge on any atom is -0.487 e. The monoisotopic (exact) mass is 585 g/mol. The summed E-state index contributed by atoms with van der Waals surface area (Å²) in [5, 5.41) is 17.5. The third-order valence-corrected chi connectivity index (χ3v) is 7.40. The number of ether oxygens (including phenoxy) is 1. The second kappa shape index (κ2) is 11.7. The lowest BCUT2D eigenvalue weighted by Gasteiger charge is -2.15. The molecule has 12 heteroatoms. The van der Waals surface area contributed by atoms with Gasteiger partial charge in [0.15, 0.2) is 10.1 Å². The van der Waals surface area contributed by atoms with Crippen molar-refractivity contribution in [1.29, 1.82) is 0 Å². The van der Waals surface area contributed by atoms with Crippen molar-refractivity contribution in [1.82, 2.24) is 20.2 Å². The summed E-state index contributed by atoms with van der Waals surface area (Å²) in [6.45, 7) is 3.93. The largest absolute Gasteiger partial charge is 0.487 e. The maximum absolute atomic E-state index is 13.3. The number of nitrogens with one attached hydrogen (secondary N) is 1. The van der Waals surface area contributed by atoms with E-state index in [1.807, 2.05) is 37.3 Å². The number of carbonyl (C=O) groups excluding carboxylic acids is 2. The summed E-state index contributed by atoms with van der Waals surface area (Å²) < 4.78 is 7.22. The van der Waals surface area contributed by atoms with Gasteiger partial charge in [0.2, 0.25) is 0 Å². The molecule has 1 saturated heterocycles. The predicted molar refractivity (Wildman–Crippen MR) is 160 cm³/mol. The van der Waals surface area contributed by atoms with Crippen LogP contribution < -0.4 is 10.2 Å². The molecule has 1 aliphatic rings. The number of aromatic nitrogens is 2. The minimum atomic E-state index is -0.510. The summed E-state index contributed by atoms with van der Waals surface area (Å²) >= 11 is 6.43. The number of benzene rings is 3. The smallest absolute Gasteiger partial charge is 0.311 e. The van der Waals surface area contributed by atoms with E-state index in [4.69, 9.17) is 22.1 Å². The molecule has 5 rings (SSSR count). The average molecular weight is 586 g/mol. The van der Waals surface area contributed by atoms with Crippen LogP contribution in [0.5, 0.6) is 5.75 Å². The van der Waals surface area contributed by atoms with Crippen molar-refractivity contribution in [2.75, 3.05) is 6.61 Å². The van der Waals surface area contributed by atoms with E-state index in [-0.39, 0.29) is 27.3 Å². The normalized spacial score (nSPS) is 14.0. The summed E-state index contributed by atoms with van der Waals surface area (Å²) in [5.41, 5.74) is 5.92. The van der Waals surface area contributed by atoms with Gasteiger partial charge in [0.1, 0.15) is 5.69 Å². The Morgan fingerprint density at radius 3 is 2.56 bits per heavy atom. The molecule has 0 aliphatic carbocycles. The van der Waals surface area contributed by atoms with Crippen molar-refractivity contribution in [3.05, 3.63) is 111 Å². The number of hydrazine groups is 1. The van der Waals surface area contributed by atoms with Crippen LogP contribution in [0.4, 0.5) is 5.69 Å². The summed E-state index contributed by atoms with van der Waals surface area (Å²) in [7, 11) is 0. The van der Waals surface area contributed by atoms with Gasteiger partial charge < -0.3 is 4.74 Å². The van der Waals surface area contributed by atoms with Gasteiger partial charge in [-0.05, 0) is 68.5 Å². The number of aryl methyl sites for hydroxylation is 1. The zero-order chi connectivity index (χ0) is 29.1. The molecule has 0 spiro atoms. The fraction of sp³-hybridized carbons (Fsp3) is 0.103. The van der Waals surface area contributed by atoms with Crippen molar-refractivity contribution in [3.63, 3.8) is 0 Å². The molecule has 1 aromatic heterocycles. The number of nitro groups is 1. The van der Waals surface area contributed by atoms with Crippen LogP contribution in [0.2, 0.25) is 0 Å². The highest BCUT2D eigenvalue weighted by Crippen LogP contribution is 2.37. The van der Waals surface area contributed by atoms with Crippen molar-refractivity contribution in [3.8, 4) is 22.7 Å². The van der Waals surface area contributed by atoms with Crippen molar-refractivity contribution < 1.29 is 19.2 Å². The van der Waals surface area contributed by atoms with Gasteiger partial charge in [0.05, 0.1) is 22.1 Å². The number of thioether (sulfide) groups is 1. The van der Waals surface area contributed by atoms with E-state index in [1.54, 1.807) is 54.2 Å². The van der Waals surface area contributed by atoms with Gasteiger partial charge in [0.25, 0.3) is 11.8 Å². The van der Waals surface area contributed by atoms with Gasteiger partial charge in [-0.2, -0.15) is 10.1 Å². The van der Waals surface area contributed by atoms with Gasteiger partial charge in [0, 0.05) is 29.0 Å². The quantitative estimate of drug-likeness (QED) is 0.121. The second-order valence-electron chi connectivity index (χ2n) is 8.91. The molecule has 3 aromatic carbocycles. The first kappa shape index (κ1) is 27.7. The van der Waals surface area contributed by atoms with Crippen LogP contribution in [0.3, 0.4) is 0 Å². The van der Waals surface area contributed by atoms with Crippen LogP contribution in [0.25, 0.3) is 23.0 Å².